The van der Waals surface area contributed by atoms with Crippen LogP contribution in [0.5, 0.6) is 0 Å². The molecular formula is C16H29N3. The second-order valence-corrected chi connectivity index (χ2v) is 7.12. The van der Waals surface area contributed by atoms with Crippen LogP contribution in [0.15, 0.2) is 0 Å². The molecule has 2 aliphatic rings. The third-order valence-corrected chi connectivity index (χ3v) is 4.90. The molecular weight excluding hydrogens is 234 g/mol. The summed E-state index contributed by atoms with van der Waals surface area (Å²) in [6, 6.07) is 4.24. The lowest BCUT2D eigenvalue weighted by atomic mass is 9.92. The molecule has 1 aliphatic heterocycles. The molecule has 0 amide bonds. The van der Waals surface area contributed by atoms with Gasteiger partial charge in [-0.1, -0.05) is 6.92 Å². The number of nitrogens with one attached hydrogen (secondary N) is 1. The number of hydrogen-bond donors (Lipinski definition) is 1. The van der Waals surface area contributed by atoms with Crippen LogP contribution >= 0.6 is 0 Å². The standard InChI is InChI=1S/C16H29N3/c1-12(2)18-16(11-17)8-7-15(9-16)19-10-13(3)5-6-14(19)4/h12-15,18H,5-10H2,1-4H3. The summed E-state index contributed by atoms with van der Waals surface area (Å²) in [7, 11) is 0. The predicted molar refractivity (Wildman–Crippen MR) is 78.8 cm³/mol. The highest BCUT2D eigenvalue weighted by Gasteiger charge is 2.43. The Hall–Kier alpha value is -0.590. The second kappa shape index (κ2) is 5.81. The van der Waals surface area contributed by atoms with Crippen molar-refractivity contribution in [2.75, 3.05) is 6.54 Å². The van der Waals surface area contributed by atoms with Gasteiger partial charge < -0.3 is 0 Å². The summed E-state index contributed by atoms with van der Waals surface area (Å²) in [5, 5.41) is 13.1. The Morgan fingerprint density at radius 3 is 2.63 bits per heavy atom. The first kappa shape index (κ1) is 14.8. The summed E-state index contributed by atoms with van der Waals surface area (Å²) in [6.07, 6.45) is 5.85. The van der Waals surface area contributed by atoms with Crippen LogP contribution in [0.2, 0.25) is 0 Å². The van der Waals surface area contributed by atoms with Crippen molar-refractivity contribution in [1.82, 2.24) is 10.2 Å². The van der Waals surface area contributed by atoms with Gasteiger partial charge >= 0.3 is 0 Å². The first-order valence-electron chi connectivity index (χ1n) is 7.90. The molecule has 3 nitrogen and oxygen atoms in total. The first-order valence-corrected chi connectivity index (χ1v) is 7.90. The predicted octanol–water partition coefficient (Wildman–Crippen LogP) is 2.92. The van der Waals surface area contributed by atoms with Crippen molar-refractivity contribution >= 4 is 0 Å². The van der Waals surface area contributed by atoms with E-state index in [4.69, 9.17) is 0 Å². The Morgan fingerprint density at radius 2 is 2.00 bits per heavy atom. The van der Waals surface area contributed by atoms with Gasteiger partial charge in [0.1, 0.15) is 5.54 Å². The van der Waals surface area contributed by atoms with Gasteiger partial charge in [0.05, 0.1) is 6.07 Å². The lowest BCUT2D eigenvalue weighted by Crippen LogP contribution is -2.50. The van der Waals surface area contributed by atoms with E-state index in [0.29, 0.717) is 18.1 Å². The molecule has 1 heterocycles. The van der Waals surface area contributed by atoms with Gasteiger partial charge in [0.15, 0.2) is 0 Å². The van der Waals surface area contributed by atoms with Crippen LogP contribution in [0.3, 0.4) is 0 Å². The van der Waals surface area contributed by atoms with E-state index in [2.05, 4.69) is 44.0 Å². The van der Waals surface area contributed by atoms with Crippen LogP contribution in [0.1, 0.15) is 59.8 Å². The molecule has 2 fully saturated rings. The summed E-state index contributed by atoms with van der Waals surface area (Å²) in [5.74, 6) is 0.811. The van der Waals surface area contributed by atoms with Crippen LogP contribution in [0.25, 0.3) is 0 Å². The van der Waals surface area contributed by atoms with Crippen LogP contribution in [0, 0.1) is 17.2 Å². The summed E-state index contributed by atoms with van der Waals surface area (Å²) in [5.41, 5.74) is -0.279. The van der Waals surface area contributed by atoms with E-state index >= 15 is 0 Å². The van der Waals surface area contributed by atoms with E-state index in [0.717, 1.165) is 18.8 Å². The fraction of sp³-hybridized carbons (Fsp3) is 0.938. The smallest absolute Gasteiger partial charge is 0.108 e. The molecule has 1 N–H and O–H groups in total. The summed E-state index contributed by atoms with van der Waals surface area (Å²) < 4.78 is 0. The van der Waals surface area contributed by atoms with E-state index in [-0.39, 0.29) is 5.54 Å². The zero-order valence-electron chi connectivity index (χ0n) is 12.9. The first-order chi connectivity index (χ1) is 8.96. The second-order valence-electron chi connectivity index (χ2n) is 7.12. The molecule has 108 valence electrons. The molecule has 4 unspecified atom stereocenters. The zero-order valence-corrected chi connectivity index (χ0v) is 12.9. The van der Waals surface area contributed by atoms with Crippen LogP contribution in [0.4, 0.5) is 0 Å². The number of nitriles is 1. The Morgan fingerprint density at radius 1 is 1.26 bits per heavy atom. The third-order valence-electron chi connectivity index (χ3n) is 4.90. The van der Waals surface area contributed by atoms with Gasteiger partial charge in [-0.2, -0.15) is 5.26 Å². The summed E-state index contributed by atoms with van der Waals surface area (Å²) in [4.78, 5) is 2.68. The molecule has 19 heavy (non-hydrogen) atoms. The lowest BCUT2D eigenvalue weighted by molar-refractivity contribution is 0.0765. The molecule has 0 aromatic carbocycles. The average molecular weight is 263 g/mol. The van der Waals surface area contributed by atoms with E-state index in [1.165, 1.54) is 25.8 Å². The SMILES string of the molecule is CC1CCC(C)N(C2CCC(C#N)(NC(C)C)C2)C1. The topological polar surface area (TPSA) is 39.1 Å². The molecule has 0 aromatic rings. The largest absolute Gasteiger partial charge is 0.297 e. The quantitative estimate of drug-likeness (QED) is 0.851. The van der Waals surface area contributed by atoms with Gasteiger partial charge in [-0.15, -0.1) is 0 Å². The fourth-order valence-electron chi connectivity index (χ4n) is 3.95. The van der Waals surface area contributed by atoms with Gasteiger partial charge in [0, 0.05) is 24.7 Å². The maximum absolute atomic E-state index is 9.57. The molecule has 0 spiro atoms. The molecule has 1 aliphatic carbocycles. The molecule has 1 saturated carbocycles. The normalized spacial score (nSPS) is 40.5. The van der Waals surface area contributed by atoms with Gasteiger partial charge in [0.25, 0.3) is 0 Å². The number of piperidine rings is 1. The van der Waals surface area contributed by atoms with Crippen molar-refractivity contribution in [3.05, 3.63) is 0 Å². The van der Waals surface area contributed by atoms with Crippen LogP contribution in [-0.2, 0) is 0 Å². The van der Waals surface area contributed by atoms with Crippen molar-refractivity contribution in [2.24, 2.45) is 5.92 Å². The van der Waals surface area contributed by atoms with Gasteiger partial charge in [-0.25, -0.2) is 0 Å². The molecule has 0 radical (unpaired) electrons. The van der Waals surface area contributed by atoms with Crippen molar-refractivity contribution < 1.29 is 0 Å². The van der Waals surface area contributed by atoms with E-state index in [1.54, 1.807) is 0 Å². The van der Waals surface area contributed by atoms with Gasteiger partial charge in [-0.3, -0.25) is 10.2 Å². The Balaban J connectivity index is 2.02. The van der Waals surface area contributed by atoms with Crippen LogP contribution in [-0.4, -0.2) is 35.1 Å². The number of nitrogens with zero attached hydrogens (tertiary/aromatic N) is 2. The number of likely N-dealkylation sites (tertiary alicyclic amines) is 1. The Labute approximate surface area is 118 Å². The fourth-order valence-corrected chi connectivity index (χ4v) is 3.95. The highest BCUT2D eigenvalue weighted by atomic mass is 15.2. The van der Waals surface area contributed by atoms with Crippen molar-refractivity contribution in [3.8, 4) is 6.07 Å². The molecule has 2 rings (SSSR count). The maximum atomic E-state index is 9.57. The Kier molecular flexibility index (Phi) is 4.53. The number of rotatable bonds is 3. The molecule has 1 saturated heterocycles. The minimum Gasteiger partial charge on any atom is -0.297 e. The van der Waals surface area contributed by atoms with Crippen LogP contribution < -0.4 is 5.32 Å². The van der Waals surface area contributed by atoms with E-state index < -0.39 is 0 Å². The minimum absolute atomic E-state index is 0.279. The highest BCUT2D eigenvalue weighted by Crippen LogP contribution is 2.36. The monoisotopic (exact) mass is 263 g/mol. The average Bonchev–Trinajstić information content (AvgIpc) is 2.76. The van der Waals surface area contributed by atoms with E-state index in [9.17, 15) is 5.26 Å². The highest BCUT2D eigenvalue weighted by molar-refractivity contribution is 5.14. The van der Waals surface area contributed by atoms with Crippen molar-refractivity contribution in [1.29, 1.82) is 5.26 Å². The van der Waals surface area contributed by atoms with Gasteiger partial charge in [0.2, 0.25) is 0 Å². The number of hydrogen-bond acceptors (Lipinski definition) is 3. The van der Waals surface area contributed by atoms with Crippen molar-refractivity contribution in [3.63, 3.8) is 0 Å². The summed E-state index contributed by atoms with van der Waals surface area (Å²) in [6.45, 7) is 10.2. The molecule has 0 aromatic heterocycles. The maximum Gasteiger partial charge on any atom is 0.108 e. The summed E-state index contributed by atoms with van der Waals surface area (Å²) >= 11 is 0. The molecule has 3 heteroatoms. The zero-order chi connectivity index (χ0) is 14.0. The van der Waals surface area contributed by atoms with E-state index in [1.807, 2.05) is 0 Å². The Bertz CT molecular complexity index is 346. The third kappa shape index (κ3) is 3.30. The van der Waals surface area contributed by atoms with Crippen molar-refractivity contribution in [2.45, 2.75) is 83.5 Å². The molecule has 0 bridgehead atoms. The lowest BCUT2D eigenvalue weighted by Gasteiger charge is -2.41. The van der Waals surface area contributed by atoms with Gasteiger partial charge in [-0.05, 0) is 58.8 Å². The molecule has 4 atom stereocenters. The minimum atomic E-state index is -0.279.